The van der Waals surface area contributed by atoms with Gasteiger partial charge >= 0.3 is 0 Å². The van der Waals surface area contributed by atoms with Crippen LogP contribution in [0.5, 0.6) is 5.75 Å². The summed E-state index contributed by atoms with van der Waals surface area (Å²) in [7, 11) is 1.71. The van der Waals surface area contributed by atoms with Crippen LogP contribution in [0.25, 0.3) is 0 Å². The summed E-state index contributed by atoms with van der Waals surface area (Å²) in [5.74, 6) is 0.921. The summed E-state index contributed by atoms with van der Waals surface area (Å²) in [5, 5.41) is 4.32. The number of aryl methyl sites for hydroxylation is 1. The van der Waals surface area contributed by atoms with Crippen LogP contribution >= 0.6 is 11.6 Å². The van der Waals surface area contributed by atoms with Crippen LogP contribution in [0.3, 0.4) is 0 Å². The molecule has 0 saturated carbocycles. The fourth-order valence-electron chi connectivity index (χ4n) is 2.55. The van der Waals surface area contributed by atoms with Gasteiger partial charge < -0.3 is 10.1 Å². The largest absolute Gasteiger partial charge is 0.496 e. The number of methoxy groups -OCH3 is 1. The Kier molecular flexibility index (Phi) is 3.13. The van der Waals surface area contributed by atoms with Crippen molar-refractivity contribution in [3.63, 3.8) is 0 Å². The quantitative estimate of drug-likeness (QED) is 0.856. The van der Waals surface area contributed by atoms with Crippen molar-refractivity contribution in [1.82, 2.24) is 5.32 Å². The molecule has 0 aromatic heterocycles. The van der Waals surface area contributed by atoms with E-state index >= 15 is 0 Å². The molecular weight excluding hydrogens is 222 g/mol. The zero-order valence-electron chi connectivity index (χ0n) is 10.1. The predicted molar refractivity (Wildman–Crippen MR) is 67.3 cm³/mol. The summed E-state index contributed by atoms with van der Waals surface area (Å²) in [4.78, 5) is 0. The van der Waals surface area contributed by atoms with Gasteiger partial charge in [0.1, 0.15) is 5.75 Å². The number of hydrogen-bond acceptors (Lipinski definition) is 2. The smallest absolute Gasteiger partial charge is 0.128 e. The van der Waals surface area contributed by atoms with E-state index in [0.717, 1.165) is 34.9 Å². The molecule has 2 nitrogen and oxygen atoms in total. The van der Waals surface area contributed by atoms with Gasteiger partial charge in [-0.3, -0.25) is 0 Å². The van der Waals surface area contributed by atoms with Gasteiger partial charge in [0.25, 0.3) is 0 Å². The van der Waals surface area contributed by atoms with Crippen LogP contribution < -0.4 is 10.1 Å². The van der Waals surface area contributed by atoms with Crippen molar-refractivity contribution in [2.75, 3.05) is 13.7 Å². The van der Waals surface area contributed by atoms with Crippen LogP contribution in [-0.4, -0.2) is 13.7 Å². The van der Waals surface area contributed by atoms with Crippen LogP contribution in [0.1, 0.15) is 30.9 Å². The number of benzene rings is 1. The Morgan fingerprint density at radius 1 is 1.44 bits per heavy atom. The first-order chi connectivity index (χ1) is 7.58. The average Bonchev–Trinajstić information content (AvgIpc) is 2.69. The van der Waals surface area contributed by atoms with E-state index in [1.54, 1.807) is 7.11 Å². The molecule has 1 aliphatic rings. The lowest BCUT2D eigenvalue weighted by molar-refractivity contribution is 0.369. The SMILES string of the molecule is COc1c(C)ccc(Cl)c1C1(C)CCCN1. The molecule has 1 aliphatic heterocycles. The maximum absolute atomic E-state index is 6.33. The molecule has 0 aliphatic carbocycles. The van der Waals surface area contributed by atoms with E-state index in [-0.39, 0.29) is 5.54 Å². The summed E-state index contributed by atoms with van der Waals surface area (Å²) in [6.45, 7) is 5.30. The van der Waals surface area contributed by atoms with Crippen LogP contribution in [0.2, 0.25) is 5.02 Å². The highest BCUT2D eigenvalue weighted by molar-refractivity contribution is 6.31. The minimum Gasteiger partial charge on any atom is -0.496 e. The Labute approximate surface area is 102 Å². The molecule has 1 fully saturated rings. The van der Waals surface area contributed by atoms with Gasteiger partial charge in [0.2, 0.25) is 0 Å². The highest BCUT2D eigenvalue weighted by Gasteiger charge is 2.35. The molecule has 88 valence electrons. The minimum absolute atomic E-state index is 0.0472. The molecule has 1 unspecified atom stereocenters. The zero-order chi connectivity index (χ0) is 11.8. The first-order valence-corrected chi connectivity index (χ1v) is 6.05. The molecule has 1 aromatic rings. The van der Waals surface area contributed by atoms with Crippen LogP contribution in [0.4, 0.5) is 0 Å². The number of ether oxygens (including phenoxy) is 1. The highest BCUT2D eigenvalue weighted by atomic mass is 35.5. The van der Waals surface area contributed by atoms with Gasteiger partial charge in [-0.25, -0.2) is 0 Å². The third-order valence-corrected chi connectivity index (χ3v) is 3.74. The molecule has 1 atom stereocenters. The molecule has 1 N–H and O–H groups in total. The summed E-state index contributed by atoms with van der Waals surface area (Å²) < 4.78 is 5.51. The standard InChI is InChI=1S/C13H18ClNO/c1-9-5-6-10(14)11(12(9)16-3)13(2)7-4-8-15-13/h5-6,15H,4,7-8H2,1-3H3. The van der Waals surface area contributed by atoms with E-state index in [1.165, 1.54) is 6.42 Å². The van der Waals surface area contributed by atoms with E-state index in [0.29, 0.717) is 0 Å². The van der Waals surface area contributed by atoms with Crippen molar-refractivity contribution >= 4 is 11.6 Å². The van der Waals surface area contributed by atoms with Gasteiger partial charge in [-0.15, -0.1) is 0 Å². The fourth-order valence-corrected chi connectivity index (χ4v) is 2.91. The van der Waals surface area contributed by atoms with Gasteiger partial charge in [-0.2, -0.15) is 0 Å². The molecule has 0 radical (unpaired) electrons. The van der Waals surface area contributed by atoms with E-state index in [1.807, 2.05) is 12.1 Å². The number of nitrogens with one attached hydrogen (secondary N) is 1. The van der Waals surface area contributed by atoms with E-state index in [9.17, 15) is 0 Å². The van der Waals surface area contributed by atoms with E-state index in [2.05, 4.69) is 19.2 Å². The van der Waals surface area contributed by atoms with Crippen molar-refractivity contribution in [2.45, 2.75) is 32.2 Å². The van der Waals surface area contributed by atoms with Crippen molar-refractivity contribution < 1.29 is 4.74 Å². The minimum atomic E-state index is -0.0472. The van der Waals surface area contributed by atoms with Gasteiger partial charge in [-0.05, 0) is 44.9 Å². The molecule has 16 heavy (non-hydrogen) atoms. The van der Waals surface area contributed by atoms with Crippen molar-refractivity contribution in [3.8, 4) is 5.75 Å². The van der Waals surface area contributed by atoms with Gasteiger partial charge in [0.15, 0.2) is 0 Å². The third-order valence-electron chi connectivity index (χ3n) is 3.43. The first kappa shape index (κ1) is 11.7. The second kappa shape index (κ2) is 4.27. The Morgan fingerprint density at radius 3 is 2.75 bits per heavy atom. The molecular formula is C13H18ClNO. The summed E-state index contributed by atoms with van der Waals surface area (Å²) in [6, 6.07) is 3.96. The molecule has 2 rings (SSSR count). The van der Waals surface area contributed by atoms with Crippen LogP contribution in [0, 0.1) is 6.92 Å². The van der Waals surface area contributed by atoms with Crippen LogP contribution in [-0.2, 0) is 5.54 Å². The van der Waals surface area contributed by atoms with Crippen molar-refractivity contribution in [1.29, 1.82) is 0 Å². The van der Waals surface area contributed by atoms with Crippen molar-refractivity contribution in [3.05, 3.63) is 28.3 Å². The number of hydrogen-bond donors (Lipinski definition) is 1. The molecule has 1 aromatic carbocycles. The summed E-state index contributed by atoms with van der Waals surface area (Å²) >= 11 is 6.33. The average molecular weight is 240 g/mol. The normalized spacial score (nSPS) is 24.8. The summed E-state index contributed by atoms with van der Waals surface area (Å²) in [6.07, 6.45) is 2.29. The molecule has 1 saturated heterocycles. The lowest BCUT2D eigenvalue weighted by atomic mass is 9.88. The highest BCUT2D eigenvalue weighted by Crippen LogP contribution is 2.42. The lowest BCUT2D eigenvalue weighted by Gasteiger charge is -2.28. The predicted octanol–water partition coefficient (Wildman–Crippen LogP) is 3.26. The Balaban J connectivity index is 2.57. The van der Waals surface area contributed by atoms with E-state index in [4.69, 9.17) is 16.3 Å². The number of rotatable bonds is 2. The molecule has 0 amide bonds. The maximum atomic E-state index is 6.33. The Hall–Kier alpha value is -0.730. The van der Waals surface area contributed by atoms with Crippen molar-refractivity contribution in [2.24, 2.45) is 0 Å². The Bertz CT molecular complexity index is 397. The maximum Gasteiger partial charge on any atom is 0.128 e. The molecule has 0 spiro atoms. The monoisotopic (exact) mass is 239 g/mol. The summed E-state index contributed by atoms with van der Waals surface area (Å²) in [5.41, 5.74) is 2.19. The Morgan fingerprint density at radius 2 is 2.19 bits per heavy atom. The second-order valence-electron chi connectivity index (χ2n) is 4.63. The lowest BCUT2D eigenvalue weighted by Crippen LogP contribution is -2.34. The molecule has 0 bridgehead atoms. The first-order valence-electron chi connectivity index (χ1n) is 5.67. The molecule has 3 heteroatoms. The van der Waals surface area contributed by atoms with Crippen LogP contribution in [0.15, 0.2) is 12.1 Å². The number of halogens is 1. The van der Waals surface area contributed by atoms with E-state index < -0.39 is 0 Å². The topological polar surface area (TPSA) is 21.3 Å². The van der Waals surface area contributed by atoms with Gasteiger partial charge in [0.05, 0.1) is 7.11 Å². The van der Waals surface area contributed by atoms with Gasteiger partial charge in [0, 0.05) is 16.1 Å². The van der Waals surface area contributed by atoms with Gasteiger partial charge in [-0.1, -0.05) is 17.7 Å². The second-order valence-corrected chi connectivity index (χ2v) is 5.04. The fraction of sp³-hybridized carbons (Fsp3) is 0.538. The third kappa shape index (κ3) is 1.80. The zero-order valence-corrected chi connectivity index (χ0v) is 10.8. The molecule has 1 heterocycles.